The normalized spacial score (nSPS) is 14.1. The SMILES string of the molecule is Cc1ccc(CNC(=O)C2CCN(C(=O)c3nnn(-c4cccc([N+](=O)[O-])c4)c3C)CC2)cc1F. The molecule has 1 aliphatic heterocycles. The molecule has 182 valence electrons. The maximum atomic E-state index is 13.7. The number of aromatic nitrogens is 3. The van der Waals surface area contributed by atoms with Crippen LogP contribution in [0.5, 0.6) is 0 Å². The molecule has 0 aliphatic carbocycles. The third-order valence-corrected chi connectivity index (χ3v) is 6.24. The summed E-state index contributed by atoms with van der Waals surface area (Å²) in [5.74, 6) is -0.962. The van der Waals surface area contributed by atoms with E-state index in [0.717, 1.165) is 0 Å². The van der Waals surface area contributed by atoms with Crippen molar-refractivity contribution in [2.24, 2.45) is 5.92 Å². The molecule has 2 aromatic carbocycles. The molecule has 0 bridgehead atoms. The van der Waals surface area contributed by atoms with Gasteiger partial charge in [-0.2, -0.15) is 0 Å². The fraction of sp³-hybridized carbons (Fsp3) is 0.333. The quantitative estimate of drug-likeness (QED) is 0.427. The lowest BCUT2D eigenvalue weighted by Crippen LogP contribution is -2.43. The lowest BCUT2D eigenvalue weighted by molar-refractivity contribution is -0.384. The Bertz CT molecular complexity index is 1280. The Kier molecular flexibility index (Phi) is 6.85. The Hall–Kier alpha value is -4.15. The van der Waals surface area contributed by atoms with E-state index in [9.17, 15) is 24.1 Å². The highest BCUT2D eigenvalue weighted by atomic mass is 19.1. The van der Waals surface area contributed by atoms with Gasteiger partial charge in [-0.1, -0.05) is 23.4 Å². The number of hydrogen-bond donors (Lipinski definition) is 1. The molecule has 0 saturated carbocycles. The summed E-state index contributed by atoms with van der Waals surface area (Å²) in [5, 5.41) is 21.9. The summed E-state index contributed by atoms with van der Waals surface area (Å²) < 4.78 is 15.1. The lowest BCUT2D eigenvalue weighted by atomic mass is 9.95. The first-order chi connectivity index (χ1) is 16.7. The number of benzene rings is 2. The van der Waals surface area contributed by atoms with Crippen molar-refractivity contribution in [3.05, 3.63) is 80.9 Å². The summed E-state index contributed by atoms with van der Waals surface area (Å²) in [6.07, 6.45) is 0.996. The smallest absolute Gasteiger partial charge is 0.276 e. The first-order valence-corrected chi connectivity index (χ1v) is 11.2. The maximum Gasteiger partial charge on any atom is 0.276 e. The highest BCUT2D eigenvalue weighted by Gasteiger charge is 2.30. The zero-order valence-corrected chi connectivity index (χ0v) is 19.4. The van der Waals surface area contributed by atoms with Crippen LogP contribution in [0, 0.1) is 35.7 Å². The van der Waals surface area contributed by atoms with Crippen molar-refractivity contribution < 1.29 is 18.9 Å². The molecule has 35 heavy (non-hydrogen) atoms. The summed E-state index contributed by atoms with van der Waals surface area (Å²) in [4.78, 5) is 37.8. The van der Waals surface area contributed by atoms with E-state index < -0.39 is 4.92 Å². The van der Waals surface area contributed by atoms with Crippen LogP contribution in [0.25, 0.3) is 5.69 Å². The van der Waals surface area contributed by atoms with E-state index in [1.807, 2.05) is 0 Å². The van der Waals surface area contributed by atoms with Gasteiger partial charge in [-0.25, -0.2) is 9.07 Å². The molecule has 4 rings (SSSR count). The number of nitro benzene ring substituents is 1. The molecular formula is C24H25FN6O4. The van der Waals surface area contributed by atoms with Crippen LogP contribution in [0.1, 0.15) is 40.2 Å². The molecule has 0 radical (unpaired) electrons. The molecule has 2 amide bonds. The van der Waals surface area contributed by atoms with E-state index in [2.05, 4.69) is 15.6 Å². The van der Waals surface area contributed by atoms with Crippen LogP contribution in [-0.4, -0.2) is 49.7 Å². The summed E-state index contributed by atoms with van der Waals surface area (Å²) in [5.41, 5.74) is 2.24. The minimum Gasteiger partial charge on any atom is -0.352 e. The van der Waals surface area contributed by atoms with E-state index in [1.165, 1.54) is 22.9 Å². The van der Waals surface area contributed by atoms with E-state index >= 15 is 0 Å². The van der Waals surface area contributed by atoms with Crippen molar-refractivity contribution in [1.82, 2.24) is 25.2 Å². The number of nitrogens with zero attached hydrogens (tertiary/aromatic N) is 5. The summed E-state index contributed by atoms with van der Waals surface area (Å²) in [7, 11) is 0. The van der Waals surface area contributed by atoms with Gasteiger partial charge in [0, 0.05) is 37.7 Å². The molecule has 2 heterocycles. The molecule has 0 atom stereocenters. The molecule has 1 aliphatic rings. The highest BCUT2D eigenvalue weighted by Crippen LogP contribution is 2.22. The molecule has 1 saturated heterocycles. The van der Waals surface area contributed by atoms with Gasteiger partial charge in [-0.3, -0.25) is 19.7 Å². The van der Waals surface area contributed by atoms with Gasteiger partial charge in [0.05, 0.1) is 16.3 Å². The second-order valence-corrected chi connectivity index (χ2v) is 8.58. The van der Waals surface area contributed by atoms with Crippen molar-refractivity contribution in [2.75, 3.05) is 13.1 Å². The van der Waals surface area contributed by atoms with Gasteiger partial charge in [0.15, 0.2) is 5.69 Å². The number of nitro groups is 1. The van der Waals surface area contributed by atoms with Gasteiger partial charge in [-0.05, 0) is 49.9 Å². The van der Waals surface area contributed by atoms with Crippen molar-refractivity contribution >= 4 is 17.5 Å². The fourth-order valence-corrected chi connectivity index (χ4v) is 4.08. The van der Waals surface area contributed by atoms with E-state index in [-0.39, 0.29) is 41.5 Å². The van der Waals surface area contributed by atoms with Crippen LogP contribution < -0.4 is 5.32 Å². The van der Waals surface area contributed by atoms with Crippen LogP contribution >= 0.6 is 0 Å². The maximum absolute atomic E-state index is 13.7. The van der Waals surface area contributed by atoms with Crippen LogP contribution in [0.15, 0.2) is 42.5 Å². The van der Waals surface area contributed by atoms with Gasteiger partial charge in [-0.15, -0.1) is 5.10 Å². The molecule has 11 heteroatoms. The molecule has 0 spiro atoms. The number of aryl methyl sites for hydroxylation is 1. The number of halogens is 1. The standard InChI is InChI=1S/C24H25FN6O4/c1-15-6-7-17(12-21(15)25)14-26-23(32)18-8-10-29(11-9-18)24(33)22-16(2)30(28-27-22)19-4-3-5-20(13-19)31(34)35/h3-7,12-13,18H,8-11,14H2,1-2H3,(H,26,32). The topological polar surface area (TPSA) is 123 Å². The number of non-ortho nitro benzene ring substituents is 1. The van der Waals surface area contributed by atoms with Gasteiger partial charge < -0.3 is 10.2 Å². The van der Waals surface area contributed by atoms with Crippen LogP contribution in [0.3, 0.4) is 0 Å². The largest absolute Gasteiger partial charge is 0.352 e. The van der Waals surface area contributed by atoms with Crippen LogP contribution in [0.2, 0.25) is 0 Å². The Morgan fingerprint density at radius 1 is 1.17 bits per heavy atom. The van der Waals surface area contributed by atoms with Crippen molar-refractivity contribution in [3.63, 3.8) is 0 Å². The number of likely N-dealkylation sites (tertiary alicyclic amines) is 1. The predicted octanol–water partition coefficient (Wildman–Crippen LogP) is 3.10. The number of hydrogen-bond acceptors (Lipinski definition) is 6. The monoisotopic (exact) mass is 480 g/mol. The zero-order valence-electron chi connectivity index (χ0n) is 19.4. The van der Waals surface area contributed by atoms with Gasteiger partial charge in [0.2, 0.25) is 5.91 Å². The first-order valence-electron chi connectivity index (χ1n) is 11.2. The Morgan fingerprint density at radius 2 is 1.91 bits per heavy atom. The minimum absolute atomic E-state index is 0.0851. The summed E-state index contributed by atoms with van der Waals surface area (Å²) >= 11 is 0. The Labute approximate surface area is 200 Å². The number of carbonyl (C=O) groups is 2. The lowest BCUT2D eigenvalue weighted by Gasteiger charge is -2.31. The molecular weight excluding hydrogens is 455 g/mol. The van der Waals surface area contributed by atoms with Gasteiger partial charge >= 0.3 is 0 Å². The van der Waals surface area contributed by atoms with E-state index in [1.54, 1.807) is 43.0 Å². The average Bonchev–Trinajstić information content (AvgIpc) is 3.25. The van der Waals surface area contributed by atoms with Gasteiger partial charge in [0.1, 0.15) is 5.82 Å². The molecule has 1 fully saturated rings. The van der Waals surface area contributed by atoms with Crippen molar-refractivity contribution in [2.45, 2.75) is 33.2 Å². The fourth-order valence-electron chi connectivity index (χ4n) is 4.08. The molecule has 3 aromatic rings. The zero-order chi connectivity index (χ0) is 25.1. The number of nitrogens with one attached hydrogen (secondary N) is 1. The molecule has 1 N–H and O–H groups in total. The summed E-state index contributed by atoms with van der Waals surface area (Å²) in [6, 6.07) is 10.8. The Balaban J connectivity index is 1.35. The number of carbonyl (C=O) groups excluding carboxylic acids is 2. The first kappa shape index (κ1) is 24.0. The second-order valence-electron chi connectivity index (χ2n) is 8.58. The second kappa shape index (κ2) is 10.00. The molecule has 10 nitrogen and oxygen atoms in total. The predicted molar refractivity (Wildman–Crippen MR) is 124 cm³/mol. The number of amides is 2. The third kappa shape index (κ3) is 5.18. The molecule has 1 aromatic heterocycles. The van der Waals surface area contributed by atoms with E-state index in [4.69, 9.17) is 0 Å². The van der Waals surface area contributed by atoms with Crippen LogP contribution in [0.4, 0.5) is 10.1 Å². The Morgan fingerprint density at radius 3 is 2.60 bits per heavy atom. The van der Waals surface area contributed by atoms with Gasteiger partial charge in [0.25, 0.3) is 11.6 Å². The van der Waals surface area contributed by atoms with E-state index in [0.29, 0.717) is 48.4 Å². The number of rotatable bonds is 6. The van der Waals surface area contributed by atoms with Crippen molar-refractivity contribution in [1.29, 1.82) is 0 Å². The number of piperidine rings is 1. The minimum atomic E-state index is -0.499. The third-order valence-electron chi connectivity index (χ3n) is 6.24. The summed E-state index contributed by atoms with van der Waals surface area (Å²) in [6.45, 7) is 4.39. The van der Waals surface area contributed by atoms with Crippen molar-refractivity contribution in [3.8, 4) is 5.69 Å². The highest BCUT2D eigenvalue weighted by molar-refractivity contribution is 5.93. The average molecular weight is 481 g/mol. The van der Waals surface area contributed by atoms with Crippen LogP contribution in [-0.2, 0) is 11.3 Å². The molecule has 0 unspecified atom stereocenters.